The summed E-state index contributed by atoms with van der Waals surface area (Å²) < 4.78 is 5.19. The van der Waals surface area contributed by atoms with Crippen molar-refractivity contribution in [1.29, 1.82) is 0 Å². The second-order valence-electron chi connectivity index (χ2n) is 5.61. The second kappa shape index (κ2) is 9.76. The fourth-order valence-electron chi connectivity index (χ4n) is 2.38. The number of unbranched alkanes of at least 4 members (excludes halogenated alkanes) is 1. The summed E-state index contributed by atoms with van der Waals surface area (Å²) in [6.07, 6.45) is 8.02. The summed E-state index contributed by atoms with van der Waals surface area (Å²) >= 11 is 0. The van der Waals surface area contributed by atoms with Gasteiger partial charge in [-0.25, -0.2) is 0 Å². The molecule has 3 nitrogen and oxygen atoms in total. The van der Waals surface area contributed by atoms with Gasteiger partial charge in [0.2, 0.25) is 0 Å². The Morgan fingerprint density at radius 1 is 1.28 bits per heavy atom. The highest BCUT2D eigenvalue weighted by Gasteiger charge is 2.27. The van der Waals surface area contributed by atoms with E-state index in [1.165, 1.54) is 45.1 Å². The van der Waals surface area contributed by atoms with Gasteiger partial charge in [0.15, 0.2) is 0 Å². The number of rotatable bonds is 12. The maximum Gasteiger partial charge on any atom is 0.0589 e. The Balaban J connectivity index is 2.00. The van der Waals surface area contributed by atoms with Gasteiger partial charge in [-0.15, -0.1) is 0 Å². The average Bonchev–Trinajstić information content (AvgIpc) is 3.19. The van der Waals surface area contributed by atoms with Crippen LogP contribution in [0.1, 0.15) is 52.4 Å². The molecule has 1 rings (SSSR count). The minimum absolute atomic E-state index is 0.679. The van der Waals surface area contributed by atoms with Crippen molar-refractivity contribution < 1.29 is 4.74 Å². The van der Waals surface area contributed by atoms with Crippen molar-refractivity contribution in [2.75, 3.05) is 33.4 Å². The predicted octanol–water partition coefficient (Wildman–Crippen LogP) is 2.66. The van der Waals surface area contributed by atoms with Crippen LogP contribution in [0.25, 0.3) is 0 Å². The molecule has 0 heterocycles. The molecule has 0 aliphatic heterocycles. The number of hydrogen-bond donors (Lipinski definition) is 1. The van der Waals surface area contributed by atoms with Crippen LogP contribution in [0.4, 0.5) is 0 Å². The summed E-state index contributed by atoms with van der Waals surface area (Å²) in [7, 11) is 1.80. The predicted molar refractivity (Wildman–Crippen MR) is 78.1 cm³/mol. The highest BCUT2D eigenvalue weighted by atomic mass is 16.5. The lowest BCUT2D eigenvalue weighted by Crippen LogP contribution is -2.31. The lowest BCUT2D eigenvalue weighted by Gasteiger charge is -2.21. The van der Waals surface area contributed by atoms with Gasteiger partial charge in [-0.2, -0.15) is 0 Å². The summed E-state index contributed by atoms with van der Waals surface area (Å²) in [5.74, 6) is 0. The number of nitrogens with zero attached hydrogens (tertiary/aromatic N) is 1. The zero-order valence-corrected chi connectivity index (χ0v) is 12.6. The highest BCUT2D eigenvalue weighted by Crippen LogP contribution is 2.26. The molecule has 0 aromatic carbocycles. The molecule has 0 bridgehead atoms. The highest BCUT2D eigenvalue weighted by molar-refractivity contribution is 4.84. The van der Waals surface area contributed by atoms with Crippen molar-refractivity contribution in [3.05, 3.63) is 0 Å². The summed E-state index contributed by atoms with van der Waals surface area (Å²) in [5, 5.41) is 3.56. The molecule has 1 saturated carbocycles. The van der Waals surface area contributed by atoms with Crippen molar-refractivity contribution in [2.24, 2.45) is 0 Å². The normalized spacial score (nSPS) is 17.3. The van der Waals surface area contributed by atoms with Gasteiger partial charge in [0.05, 0.1) is 6.61 Å². The van der Waals surface area contributed by atoms with Crippen molar-refractivity contribution in [3.63, 3.8) is 0 Å². The number of ether oxygens (including phenoxy) is 1. The smallest absolute Gasteiger partial charge is 0.0589 e. The first-order valence-electron chi connectivity index (χ1n) is 7.74. The minimum Gasteiger partial charge on any atom is -0.383 e. The average molecular weight is 256 g/mol. The maximum absolute atomic E-state index is 5.19. The van der Waals surface area contributed by atoms with E-state index in [-0.39, 0.29) is 0 Å². The molecule has 0 saturated heterocycles. The Morgan fingerprint density at radius 2 is 2.06 bits per heavy atom. The van der Waals surface area contributed by atoms with E-state index < -0.39 is 0 Å². The van der Waals surface area contributed by atoms with Crippen LogP contribution in [0.3, 0.4) is 0 Å². The van der Waals surface area contributed by atoms with Gasteiger partial charge in [-0.1, -0.05) is 13.3 Å². The van der Waals surface area contributed by atoms with Gasteiger partial charge < -0.3 is 10.1 Å². The van der Waals surface area contributed by atoms with Crippen molar-refractivity contribution in [3.8, 4) is 0 Å². The number of hydrogen-bond acceptors (Lipinski definition) is 3. The zero-order valence-electron chi connectivity index (χ0n) is 12.6. The molecule has 108 valence electrons. The largest absolute Gasteiger partial charge is 0.383 e. The van der Waals surface area contributed by atoms with Crippen molar-refractivity contribution in [1.82, 2.24) is 10.2 Å². The lowest BCUT2D eigenvalue weighted by molar-refractivity contribution is 0.142. The second-order valence-corrected chi connectivity index (χ2v) is 5.61. The molecular formula is C15H32N2O. The fourth-order valence-corrected chi connectivity index (χ4v) is 2.38. The van der Waals surface area contributed by atoms with E-state index in [1.54, 1.807) is 7.11 Å². The van der Waals surface area contributed by atoms with E-state index in [4.69, 9.17) is 4.74 Å². The van der Waals surface area contributed by atoms with Crippen LogP contribution in [-0.4, -0.2) is 50.3 Å². The molecule has 18 heavy (non-hydrogen) atoms. The van der Waals surface area contributed by atoms with E-state index in [0.717, 1.165) is 25.7 Å². The molecule has 0 aromatic rings. The van der Waals surface area contributed by atoms with E-state index in [9.17, 15) is 0 Å². The molecule has 0 aromatic heterocycles. The molecule has 0 amide bonds. The summed E-state index contributed by atoms with van der Waals surface area (Å²) in [6, 6.07) is 1.55. The first-order chi connectivity index (χ1) is 8.77. The molecular weight excluding hydrogens is 224 g/mol. The van der Waals surface area contributed by atoms with E-state index in [0.29, 0.717) is 6.04 Å². The van der Waals surface area contributed by atoms with Gasteiger partial charge in [-0.05, 0) is 52.1 Å². The van der Waals surface area contributed by atoms with Crippen LogP contribution < -0.4 is 5.32 Å². The van der Waals surface area contributed by atoms with Crippen molar-refractivity contribution >= 4 is 0 Å². The van der Waals surface area contributed by atoms with E-state index in [1.807, 2.05) is 0 Å². The molecule has 1 aliphatic rings. The quantitative estimate of drug-likeness (QED) is 0.543. The number of nitrogens with one attached hydrogen (secondary N) is 1. The third-order valence-electron chi connectivity index (χ3n) is 3.72. The Labute approximate surface area is 113 Å². The van der Waals surface area contributed by atoms with Crippen LogP contribution in [0.5, 0.6) is 0 Å². The van der Waals surface area contributed by atoms with Gasteiger partial charge in [0, 0.05) is 25.7 Å². The topological polar surface area (TPSA) is 24.5 Å². The molecule has 1 aliphatic carbocycles. The Hall–Kier alpha value is -0.120. The maximum atomic E-state index is 5.19. The third-order valence-corrected chi connectivity index (χ3v) is 3.72. The molecule has 3 heteroatoms. The fraction of sp³-hybridized carbons (Fsp3) is 1.00. The van der Waals surface area contributed by atoms with Crippen LogP contribution in [0.2, 0.25) is 0 Å². The summed E-state index contributed by atoms with van der Waals surface area (Å²) in [6.45, 7) is 8.94. The Morgan fingerprint density at radius 3 is 2.67 bits per heavy atom. The third kappa shape index (κ3) is 7.34. The van der Waals surface area contributed by atoms with Crippen LogP contribution in [-0.2, 0) is 4.74 Å². The van der Waals surface area contributed by atoms with Gasteiger partial charge >= 0.3 is 0 Å². The molecule has 0 radical (unpaired) electrons. The van der Waals surface area contributed by atoms with Gasteiger partial charge in [0.1, 0.15) is 0 Å². The Kier molecular flexibility index (Phi) is 8.64. The molecule has 1 fully saturated rings. The van der Waals surface area contributed by atoms with Gasteiger partial charge in [0.25, 0.3) is 0 Å². The van der Waals surface area contributed by atoms with Crippen LogP contribution in [0, 0.1) is 0 Å². The zero-order chi connectivity index (χ0) is 13.2. The van der Waals surface area contributed by atoms with Crippen LogP contribution >= 0.6 is 0 Å². The Bertz CT molecular complexity index is 195. The molecule has 1 N–H and O–H groups in total. The molecule has 1 unspecified atom stereocenters. The summed E-state index contributed by atoms with van der Waals surface area (Å²) in [4.78, 5) is 2.62. The van der Waals surface area contributed by atoms with E-state index >= 15 is 0 Å². The minimum atomic E-state index is 0.679. The van der Waals surface area contributed by atoms with Gasteiger partial charge in [-0.3, -0.25) is 4.90 Å². The molecule has 0 spiro atoms. The first kappa shape index (κ1) is 15.9. The standard InChI is InChI=1S/C15H32N2O/c1-4-10-16-14(2)7-5-6-11-17(12-13-18-3)15-8-9-15/h14-16H,4-13H2,1-3H3. The first-order valence-corrected chi connectivity index (χ1v) is 7.74. The number of methoxy groups -OCH3 is 1. The lowest BCUT2D eigenvalue weighted by atomic mass is 10.1. The van der Waals surface area contributed by atoms with Crippen LogP contribution in [0.15, 0.2) is 0 Å². The van der Waals surface area contributed by atoms with E-state index in [2.05, 4.69) is 24.1 Å². The molecule has 1 atom stereocenters. The SMILES string of the molecule is CCCNC(C)CCCCN(CCOC)C1CC1. The van der Waals surface area contributed by atoms with Crippen molar-refractivity contribution in [2.45, 2.75) is 64.5 Å². The summed E-state index contributed by atoms with van der Waals surface area (Å²) in [5.41, 5.74) is 0. The monoisotopic (exact) mass is 256 g/mol.